The number of hydrogen-bond acceptors (Lipinski definition) is 10. The number of fused-ring (bicyclic) bond motifs is 2. The lowest BCUT2D eigenvalue weighted by atomic mass is 10.0. The number of carbonyl (C=O) groups excluding carboxylic acids is 2. The van der Waals surface area contributed by atoms with Gasteiger partial charge in [0.05, 0.1) is 16.3 Å². The van der Waals surface area contributed by atoms with Crippen LogP contribution < -0.4 is 16.5 Å². The molecule has 2 aromatic heterocycles. The van der Waals surface area contributed by atoms with Crippen molar-refractivity contribution in [3.63, 3.8) is 0 Å². The zero-order chi connectivity index (χ0) is 25.4. The number of nitrogens with zero attached hydrogens (tertiary/aromatic N) is 2. The molecule has 2 aliphatic rings. The number of nitrogens with one attached hydrogen (secondary N) is 1. The van der Waals surface area contributed by atoms with Gasteiger partial charge in [-0.15, -0.1) is 34.4 Å². The number of allylic oxidation sites excluding steroid dienone is 1. The normalized spacial score (nSPS) is 19.4. The molecule has 2 amide bonds. The minimum absolute atomic E-state index is 0.0114. The summed E-state index contributed by atoms with van der Waals surface area (Å²) in [4.78, 5) is 54.8. The molecule has 0 saturated carbocycles. The molecule has 4 heterocycles. The highest BCUT2D eigenvalue weighted by Crippen LogP contribution is 2.41. The third-order valence-electron chi connectivity index (χ3n) is 5.49. The second kappa shape index (κ2) is 10.1. The molecule has 9 nitrogen and oxygen atoms in total. The van der Waals surface area contributed by atoms with Crippen LogP contribution in [0.3, 0.4) is 0 Å². The number of nitrogens with two attached hydrogens (primary N) is 1. The second-order valence-corrected chi connectivity index (χ2v) is 12.1. The van der Waals surface area contributed by atoms with Crippen molar-refractivity contribution in [1.82, 2.24) is 15.2 Å². The molecule has 1 fully saturated rings. The van der Waals surface area contributed by atoms with Crippen molar-refractivity contribution >= 4 is 79.2 Å². The summed E-state index contributed by atoms with van der Waals surface area (Å²) >= 11 is 5.40. The second-order valence-electron chi connectivity index (χ2n) is 7.83. The van der Waals surface area contributed by atoms with Gasteiger partial charge in [-0.3, -0.25) is 19.3 Å². The number of thiazole rings is 1. The number of thioether (sulfide) groups is 2. The van der Waals surface area contributed by atoms with E-state index in [2.05, 4.69) is 10.3 Å². The van der Waals surface area contributed by atoms with E-state index < -0.39 is 23.3 Å². The monoisotopic (exact) mass is 558 g/mol. The maximum absolute atomic E-state index is 12.8. The van der Waals surface area contributed by atoms with E-state index in [1.165, 1.54) is 51.1 Å². The Bertz CT molecular complexity index is 1510. The van der Waals surface area contributed by atoms with E-state index in [1.807, 2.05) is 18.2 Å². The molecular weight excluding hydrogens is 541 g/mol. The van der Waals surface area contributed by atoms with Crippen molar-refractivity contribution in [3.8, 4) is 0 Å². The third kappa shape index (κ3) is 4.78. The number of anilines is 1. The summed E-state index contributed by atoms with van der Waals surface area (Å²) in [5, 5.41) is 16.5. The van der Waals surface area contributed by atoms with Gasteiger partial charge in [0, 0.05) is 27.3 Å². The van der Waals surface area contributed by atoms with Gasteiger partial charge in [0.2, 0.25) is 5.91 Å². The Hall–Kier alpha value is -3.13. The summed E-state index contributed by atoms with van der Waals surface area (Å²) in [5.74, 6) is -1.70. The smallest absolute Gasteiger partial charge is 0.352 e. The molecule has 0 spiro atoms. The highest BCUT2D eigenvalue weighted by molar-refractivity contribution is 8.04. The van der Waals surface area contributed by atoms with E-state index in [0.717, 1.165) is 8.91 Å². The van der Waals surface area contributed by atoms with Crippen LogP contribution >= 0.6 is 46.2 Å². The number of β-lactam (4-membered cyclic amide) rings is 1. The molecule has 1 unspecified atom stereocenters. The quantitative estimate of drug-likeness (QED) is 0.295. The first-order valence-electron chi connectivity index (χ1n) is 10.6. The molecule has 1 aromatic carbocycles. The maximum atomic E-state index is 12.8. The van der Waals surface area contributed by atoms with Crippen molar-refractivity contribution < 1.29 is 19.5 Å². The summed E-state index contributed by atoms with van der Waals surface area (Å²) in [6, 6.07) is 8.12. The standard InChI is InChI=1S/C23H18N4O5S4/c24-23-25-12(10-35-23)7-16(29)26-18-20(30)27-19(22(31)32)11(9-34-21(18)27)5-6-33-17-8-14(28)13-3-1-2-4-15(13)36-17/h1-6,8,10,18,21H,7,9H2,(H2,24,25)(H,26,29)(H,31,32)/t18?,21-/m1/s1. The summed E-state index contributed by atoms with van der Waals surface area (Å²) in [5.41, 5.74) is 6.43. The van der Waals surface area contributed by atoms with Gasteiger partial charge >= 0.3 is 5.97 Å². The average molecular weight is 559 g/mol. The number of hydrogen-bond donors (Lipinski definition) is 3. The fourth-order valence-corrected chi connectivity index (χ4v) is 7.75. The van der Waals surface area contributed by atoms with E-state index in [-0.39, 0.29) is 23.5 Å². The highest BCUT2D eigenvalue weighted by Gasteiger charge is 2.53. The van der Waals surface area contributed by atoms with Crippen LogP contribution in [0.2, 0.25) is 0 Å². The van der Waals surface area contributed by atoms with Crippen LogP contribution in [0.5, 0.6) is 0 Å². The van der Waals surface area contributed by atoms with Crippen LogP contribution in [0.1, 0.15) is 5.69 Å². The molecule has 4 N–H and O–H groups in total. The Balaban J connectivity index is 1.29. The van der Waals surface area contributed by atoms with Crippen molar-refractivity contribution in [2.45, 2.75) is 22.0 Å². The number of nitrogen functional groups attached to an aromatic ring is 1. The van der Waals surface area contributed by atoms with E-state index >= 15 is 0 Å². The molecular formula is C23H18N4O5S4. The van der Waals surface area contributed by atoms with Gasteiger partial charge in [-0.05, 0) is 29.2 Å². The fraction of sp³-hybridized carbons (Fsp3) is 0.174. The molecule has 0 radical (unpaired) electrons. The maximum Gasteiger partial charge on any atom is 0.352 e. The van der Waals surface area contributed by atoms with E-state index in [1.54, 1.807) is 29.0 Å². The molecule has 5 rings (SSSR count). The molecule has 2 aliphatic heterocycles. The minimum Gasteiger partial charge on any atom is -0.477 e. The van der Waals surface area contributed by atoms with Crippen LogP contribution in [-0.2, 0) is 20.8 Å². The first-order chi connectivity index (χ1) is 17.3. The number of carboxylic acid groups (broad SMARTS) is 1. The van der Waals surface area contributed by atoms with Crippen molar-refractivity contribution in [2.24, 2.45) is 0 Å². The van der Waals surface area contributed by atoms with Gasteiger partial charge in [-0.1, -0.05) is 23.9 Å². The first kappa shape index (κ1) is 24.6. The van der Waals surface area contributed by atoms with E-state index in [0.29, 0.717) is 27.5 Å². The Morgan fingerprint density at radius 1 is 1.31 bits per heavy atom. The van der Waals surface area contributed by atoms with E-state index in [9.17, 15) is 24.3 Å². The number of aliphatic carboxylic acids is 1. The number of amides is 2. The van der Waals surface area contributed by atoms with Gasteiger partial charge in [-0.2, -0.15) is 0 Å². The van der Waals surface area contributed by atoms with Gasteiger partial charge in [0.25, 0.3) is 5.91 Å². The Morgan fingerprint density at radius 2 is 2.11 bits per heavy atom. The summed E-state index contributed by atoms with van der Waals surface area (Å²) in [6.07, 6.45) is 1.65. The molecule has 13 heteroatoms. The summed E-state index contributed by atoms with van der Waals surface area (Å²) in [6.45, 7) is 0. The van der Waals surface area contributed by atoms with Crippen LogP contribution in [-0.4, -0.2) is 49.9 Å². The Kier molecular flexibility index (Phi) is 6.88. The van der Waals surface area contributed by atoms with Gasteiger partial charge in [0.1, 0.15) is 17.1 Å². The van der Waals surface area contributed by atoms with Crippen LogP contribution in [0.25, 0.3) is 10.1 Å². The van der Waals surface area contributed by atoms with Gasteiger partial charge in [-0.25, -0.2) is 9.78 Å². The Morgan fingerprint density at radius 3 is 2.86 bits per heavy atom. The molecule has 0 bridgehead atoms. The molecule has 184 valence electrons. The fourth-order valence-electron chi connectivity index (χ4n) is 3.89. The lowest BCUT2D eigenvalue weighted by Crippen LogP contribution is -2.70. The lowest BCUT2D eigenvalue weighted by molar-refractivity contribution is -0.150. The van der Waals surface area contributed by atoms with Gasteiger partial charge in [0.15, 0.2) is 10.6 Å². The van der Waals surface area contributed by atoms with Crippen LogP contribution in [0.4, 0.5) is 5.13 Å². The van der Waals surface area contributed by atoms with Crippen molar-refractivity contribution in [1.29, 1.82) is 0 Å². The number of carboxylic acids is 1. The van der Waals surface area contributed by atoms with E-state index in [4.69, 9.17) is 5.73 Å². The topological polar surface area (TPSA) is 143 Å². The van der Waals surface area contributed by atoms with Crippen LogP contribution in [0, 0.1) is 0 Å². The highest BCUT2D eigenvalue weighted by atomic mass is 32.2. The lowest BCUT2D eigenvalue weighted by Gasteiger charge is -2.49. The van der Waals surface area contributed by atoms with Crippen LogP contribution in [0.15, 0.2) is 67.5 Å². The zero-order valence-corrected chi connectivity index (χ0v) is 21.6. The molecule has 36 heavy (non-hydrogen) atoms. The first-order valence-corrected chi connectivity index (χ1v) is 14.2. The summed E-state index contributed by atoms with van der Waals surface area (Å²) in [7, 11) is 0. The Labute approximate surface area is 221 Å². The number of benzene rings is 1. The number of aromatic nitrogens is 1. The van der Waals surface area contributed by atoms with Crippen molar-refractivity contribution in [3.05, 3.63) is 74.4 Å². The largest absolute Gasteiger partial charge is 0.477 e. The molecule has 0 aliphatic carbocycles. The third-order valence-corrected chi connectivity index (χ3v) is 9.57. The predicted octanol–water partition coefficient (Wildman–Crippen LogP) is 2.89. The molecule has 3 aromatic rings. The van der Waals surface area contributed by atoms with Crippen molar-refractivity contribution in [2.75, 3.05) is 11.5 Å². The average Bonchev–Trinajstić information content (AvgIpc) is 3.26. The summed E-state index contributed by atoms with van der Waals surface area (Å²) < 4.78 is 1.65. The molecule has 2 atom stereocenters. The minimum atomic E-state index is -1.21. The SMILES string of the molecule is Nc1nc(CC(=O)NC2C(=O)N3C(C(=O)O)=C(C=CSc4cc(=O)c5ccccc5s4)CS[C@H]23)cs1. The predicted molar refractivity (Wildman–Crippen MR) is 143 cm³/mol. The van der Waals surface area contributed by atoms with Gasteiger partial charge < -0.3 is 16.2 Å². The zero-order valence-electron chi connectivity index (χ0n) is 18.4. The number of carbonyl (C=O) groups is 3. The molecule has 1 saturated heterocycles. The number of rotatable bonds is 7.